The van der Waals surface area contributed by atoms with E-state index in [1.54, 1.807) is 0 Å². The Balaban J connectivity index is 2.16. The van der Waals surface area contributed by atoms with Crippen molar-refractivity contribution >= 4 is 5.69 Å². The third kappa shape index (κ3) is 2.73. The Kier molecular flexibility index (Phi) is 3.15. The maximum absolute atomic E-state index is 4.37. The molecule has 0 radical (unpaired) electrons. The van der Waals surface area contributed by atoms with Crippen LogP contribution >= 0.6 is 0 Å². The third-order valence-corrected chi connectivity index (χ3v) is 3.06. The number of nitrogens with one attached hydrogen (secondary N) is 1. The molecule has 1 aliphatic rings. The van der Waals surface area contributed by atoms with Gasteiger partial charge in [-0.15, -0.1) is 0 Å². The number of aromatic nitrogens is 1. The number of rotatable bonds is 1. The Hall–Kier alpha value is -1.09. The summed E-state index contributed by atoms with van der Waals surface area (Å²) >= 11 is 0. The van der Waals surface area contributed by atoms with Crippen molar-refractivity contribution in [3.8, 4) is 0 Å². The standard InChI is InChI=1S/C13H21N3/c1-11-5-6-12(9-14-11)16-8-4-7-15-13(2,3)10-16/h5-6,9,15H,4,7-8,10H2,1-3H3. The van der Waals surface area contributed by atoms with Gasteiger partial charge >= 0.3 is 0 Å². The topological polar surface area (TPSA) is 28.2 Å². The Morgan fingerprint density at radius 1 is 1.38 bits per heavy atom. The molecule has 0 saturated carbocycles. The highest BCUT2D eigenvalue weighted by Gasteiger charge is 2.24. The molecule has 3 heteroatoms. The van der Waals surface area contributed by atoms with Crippen LogP contribution in [0, 0.1) is 6.92 Å². The van der Waals surface area contributed by atoms with E-state index in [2.05, 4.69) is 41.2 Å². The van der Waals surface area contributed by atoms with E-state index in [1.807, 2.05) is 13.1 Å². The summed E-state index contributed by atoms with van der Waals surface area (Å²) in [5, 5.41) is 3.57. The predicted molar refractivity (Wildman–Crippen MR) is 67.9 cm³/mol. The molecule has 0 aliphatic carbocycles. The van der Waals surface area contributed by atoms with Crippen molar-refractivity contribution in [1.82, 2.24) is 10.3 Å². The molecule has 0 atom stereocenters. The SMILES string of the molecule is Cc1ccc(N2CCCNC(C)(C)C2)cn1. The molecule has 2 rings (SSSR count). The van der Waals surface area contributed by atoms with E-state index >= 15 is 0 Å². The van der Waals surface area contributed by atoms with E-state index in [1.165, 1.54) is 12.1 Å². The lowest BCUT2D eigenvalue weighted by Gasteiger charge is -2.31. The molecule has 88 valence electrons. The third-order valence-electron chi connectivity index (χ3n) is 3.06. The van der Waals surface area contributed by atoms with Gasteiger partial charge in [0.25, 0.3) is 0 Å². The minimum absolute atomic E-state index is 0.182. The number of nitrogens with zero attached hydrogens (tertiary/aromatic N) is 2. The van der Waals surface area contributed by atoms with Gasteiger partial charge in [0, 0.05) is 24.3 Å². The zero-order chi connectivity index (χ0) is 11.6. The Bertz CT molecular complexity index is 343. The van der Waals surface area contributed by atoms with Crippen LogP contribution in [0.2, 0.25) is 0 Å². The fourth-order valence-electron chi connectivity index (χ4n) is 2.18. The molecule has 1 N–H and O–H groups in total. The van der Waals surface area contributed by atoms with Gasteiger partial charge in [-0.3, -0.25) is 4.98 Å². The normalized spacial score (nSPS) is 20.6. The second kappa shape index (κ2) is 4.42. The molecule has 0 amide bonds. The maximum Gasteiger partial charge on any atom is 0.0553 e. The lowest BCUT2D eigenvalue weighted by atomic mass is 10.1. The van der Waals surface area contributed by atoms with Crippen LogP contribution in [0.3, 0.4) is 0 Å². The first-order valence-corrected chi connectivity index (χ1v) is 5.99. The molecule has 0 spiro atoms. The van der Waals surface area contributed by atoms with Crippen molar-refractivity contribution < 1.29 is 0 Å². The van der Waals surface area contributed by atoms with Crippen molar-refractivity contribution in [1.29, 1.82) is 0 Å². The van der Waals surface area contributed by atoms with Gasteiger partial charge in [-0.1, -0.05) is 0 Å². The van der Waals surface area contributed by atoms with Crippen molar-refractivity contribution in [2.24, 2.45) is 0 Å². The molecule has 0 bridgehead atoms. The molecule has 16 heavy (non-hydrogen) atoms. The van der Waals surface area contributed by atoms with Gasteiger partial charge in [0.2, 0.25) is 0 Å². The molecular weight excluding hydrogens is 198 g/mol. The summed E-state index contributed by atoms with van der Waals surface area (Å²) in [5.74, 6) is 0. The summed E-state index contributed by atoms with van der Waals surface area (Å²) < 4.78 is 0. The number of anilines is 1. The molecule has 2 heterocycles. The molecule has 0 unspecified atom stereocenters. The van der Waals surface area contributed by atoms with Crippen molar-refractivity contribution in [2.45, 2.75) is 32.7 Å². The lowest BCUT2D eigenvalue weighted by Crippen LogP contribution is -2.46. The minimum Gasteiger partial charge on any atom is -0.368 e. The average Bonchev–Trinajstić information content (AvgIpc) is 2.40. The quantitative estimate of drug-likeness (QED) is 0.782. The molecular formula is C13H21N3. The second-order valence-electron chi connectivity index (χ2n) is 5.24. The van der Waals surface area contributed by atoms with E-state index < -0.39 is 0 Å². The van der Waals surface area contributed by atoms with E-state index in [4.69, 9.17) is 0 Å². The molecule has 1 aromatic rings. The highest BCUT2D eigenvalue weighted by Crippen LogP contribution is 2.18. The van der Waals surface area contributed by atoms with Gasteiger partial charge < -0.3 is 10.2 Å². The summed E-state index contributed by atoms with van der Waals surface area (Å²) in [6, 6.07) is 4.25. The molecule has 0 aromatic carbocycles. The van der Waals surface area contributed by atoms with Crippen LogP contribution in [0.1, 0.15) is 26.0 Å². The van der Waals surface area contributed by atoms with Gasteiger partial charge in [0.1, 0.15) is 0 Å². The van der Waals surface area contributed by atoms with Crippen molar-refractivity contribution in [2.75, 3.05) is 24.5 Å². The molecule has 1 fully saturated rings. The molecule has 1 aliphatic heterocycles. The van der Waals surface area contributed by atoms with Gasteiger partial charge in [-0.25, -0.2) is 0 Å². The van der Waals surface area contributed by atoms with E-state index in [0.717, 1.165) is 25.3 Å². The summed E-state index contributed by atoms with van der Waals surface area (Å²) in [4.78, 5) is 6.79. The first-order chi connectivity index (χ1) is 7.57. The fourth-order valence-corrected chi connectivity index (χ4v) is 2.18. The average molecular weight is 219 g/mol. The zero-order valence-electron chi connectivity index (χ0n) is 10.5. The number of pyridine rings is 1. The predicted octanol–water partition coefficient (Wildman–Crippen LogP) is 1.97. The smallest absolute Gasteiger partial charge is 0.0553 e. The summed E-state index contributed by atoms with van der Waals surface area (Å²) in [6.45, 7) is 9.79. The molecule has 3 nitrogen and oxygen atoms in total. The summed E-state index contributed by atoms with van der Waals surface area (Å²) in [6.07, 6.45) is 3.17. The highest BCUT2D eigenvalue weighted by molar-refractivity contribution is 5.45. The second-order valence-corrected chi connectivity index (χ2v) is 5.24. The van der Waals surface area contributed by atoms with Crippen LogP contribution in [0.25, 0.3) is 0 Å². The number of hydrogen-bond acceptors (Lipinski definition) is 3. The van der Waals surface area contributed by atoms with Crippen molar-refractivity contribution in [3.05, 3.63) is 24.0 Å². The zero-order valence-corrected chi connectivity index (χ0v) is 10.5. The summed E-state index contributed by atoms with van der Waals surface area (Å²) in [5.41, 5.74) is 2.50. The highest BCUT2D eigenvalue weighted by atomic mass is 15.2. The van der Waals surface area contributed by atoms with Gasteiger partial charge in [0.05, 0.1) is 11.9 Å². The van der Waals surface area contributed by atoms with Gasteiger partial charge in [-0.05, 0) is 45.9 Å². The fraction of sp³-hybridized carbons (Fsp3) is 0.615. The number of hydrogen-bond donors (Lipinski definition) is 1. The maximum atomic E-state index is 4.37. The van der Waals surface area contributed by atoms with Crippen LogP contribution in [0.5, 0.6) is 0 Å². The van der Waals surface area contributed by atoms with Crippen LogP contribution in [0.15, 0.2) is 18.3 Å². The van der Waals surface area contributed by atoms with Crippen LogP contribution in [0.4, 0.5) is 5.69 Å². The van der Waals surface area contributed by atoms with E-state index in [0.29, 0.717) is 0 Å². The van der Waals surface area contributed by atoms with Crippen LogP contribution in [-0.2, 0) is 0 Å². The largest absolute Gasteiger partial charge is 0.368 e. The summed E-state index contributed by atoms with van der Waals surface area (Å²) in [7, 11) is 0. The minimum atomic E-state index is 0.182. The van der Waals surface area contributed by atoms with Gasteiger partial charge in [-0.2, -0.15) is 0 Å². The first-order valence-electron chi connectivity index (χ1n) is 5.99. The van der Waals surface area contributed by atoms with Gasteiger partial charge in [0.15, 0.2) is 0 Å². The van der Waals surface area contributed by atoms with Crippen LogP contribution < -0.4 is 10.2 Å². The Morgan fingerprint density at radius 2 is 2.19 bits per heavy atom. The molecule has 1 saturated heterocycles. The number of aryl methyl sites for hydroxylation is 1. The Morgan fingerprint density at radius 3 is 2.88 bits per heavy atom. The van der Waals surface area contributed by atoms with E-state index in [-0.39, 0.29) is 5.54 Å². The lowest BCUT2D eigenvalue weighted by molar-refractivity contribution is 0.416. The molecule has 1 aromatic heterocycles. The van der Waals surface area contributed by atoms with Crippen molar-refractivity contribution in [3.63, 3.8) is 0 Å². The van der Waals surface area contributed by atoms with E-state index in [9.17, 15) is 0 Å². The monoisotopic (exact) mass is 219 g/mol. The Labute approximate surface area is 97.9 Å². The first kappa shape index (κ1) is 11.4. The van der Waals surface area contributed by atoms with Crippen LogP contribution in [-0.4, -0.2) is 30.2 Å².